The minimum atomic E-state index is -1.48. The van der Waals surface area contributed by atoms with Crippen LogP contribution in [-0.2, 0) is 0 Å². The first-order valence-electron chi connectivity index (χ1n) is 6.53. The van der Waals surface area contributed by atoms with Gasteiger partial charge in [0.2, 0.25) is 0 Å². The maximum absolute atomic E-state index is 11.9. The lowest BCUT2D eigenvalue weighted by molar-refractivity contribution is 0.0941. The third-order valence-corrected chi connectivity index (χ3v) is 3.13. The molecule has 1 rings (SSSR count). The molecule has 5 nitrogen and oxygen atoms in total. The van der Waals surface area contributed by atoms with Gasteiger partial charge in [0, 0.05) is 12.1 Å². The number of rotatable bonds is 7. The predicted molar refractivity (Wildman–Crippen MR) is 82.9 cm³/mol. The average molecular weight is 301 g/mol. The van der Waals surface area contributed by atoms with Gasteiger partial charge >= 0.3 is 7.12 Å². The Labute approximate surface area is 126 Å². The summed E-state index contributed by atoms with van der Waals surface area (Å²) in [5, 5.41) is 21.5. The molecule has 1 amide bonds. The van der Waals surface area contributed by atoms with Crippen LogP contribution >= 0.6 is 12.4 Å². The van der Waals surface area contributed by atoms with Gasteiger partial charge < -0.3 is 20.3 Å². The Morgan fingerprint density at radius 3 is 2.25 bits per heavy atom. The molecule has 0 saturated heterocycles. The number of benzene rings is 1. The number of nitrogens with one attached hydrogen (secondary N) is 1. The van der Waals surface area contributed by atoms with Gasteiger partial charge in [-0.3, -0.25) is 4.79 Å². The minimum absolute atomic E-state index is 0. The average Bonchev–Trinajstić information content (AvgIpc) is 2.43. The molecular weight excluding hydrogens is 278 g/mol. The molecule has 0 aliphatic heterocycles. The zero-order valence-electron chi connectivity index (χ0n) is 11.8. The van der Waals surface area contributed by atoms with Gasteiger partial charge in [0.15, 0.2) is 0 Å². The molecule has 0 aliphatic carbocycles. The van der Waals surface area contributed by atoms with E-state index in [0.29, 0.717) is 18.7 Å². The number of nitrogens with zero attached hydrogens (tertiary/aromatic N) is 1. The lowest BCUT2D eigenvalue weighted by Crippen LogP contribution is -2.53. The van der Waals surface area contributed by atoms with Gasteiger partial charge in [0.1, 0.15) is 0 Å². The summed E-state index contributed by atoms with van der Waals surface area (Å²) >= 11 is 0. The minimum Gasteiger partial charge on any atom is -0.426 e. The van der Waals surface area contributed by atoms with E-state index in [0.717, 1.165) is 0 Å². The highest BCUT2D eigenvalue weighted by molar-refractivity contribution is 6.43. The first-order chi connectivity index (χ1) is 9.10. The van der Waals surface area contributed by atoms with E-state index in [9.17, 15) is 14.8 Å². The molecule has 0 saturated carbocycles. The van der Waals surface area contributed by atoms with Crippen molar-refractivity contribution in [2.45, 2.75) is 19.8 Å². The second-order valence-electron chi connectivity index (χ2n) is 4.28. The molecule has 1 aromatic carbocycles. The molecule has 3 N–H and O–H groups in total. The van der Waals surface area contributed by atoms with Crippen molar-refractivity contribution in [3.63, 3.8) is 0 Å². The van der Waals surface area contributed by atoms with Crippen LogP contribution in [0.25, 0.3) is 0 Å². The molecule has 7 heteroatoms. The fraction of sp³-hybridized carbons (Fsp3) is 0.462. The quantitative estimate of drug-likeness (QED) is 0.644. The highest BCUT2D eigenvalue weighted by Crippen LogP contribution is 2.02. The lowest BCUT2D eigenvalue weighted by atomic mass is 9.78. The zero-order chi connectivity index (χ0) is 14.3. The van der Waals surface area contributed by atoms with Crippen LogP contribution in [0.1, 0.15) is 24.2 Å². The van der Waals surface area contributed by atoms with E-state index in [1.165, 1.54) is 0 Å². The Morgan fingerprint density at radius 2 is 1.80 bits per heavy atom. The Kier molecular flexibility index (Phi) is 9.24. The topological polar surface area (TPSA) is 72.8 Å². The lowest BCUT2D eigenvalue weighted by Gasteiger charge is -2.29. The molecule has 1 atom stereocenters. The molecule has 0 aliphatic rings. The number of amides is 1. The molecule has 1 aromatic rings. The van der Waals surface area contributed by atoms with Crippen LogP contribution in [0, 0.1) is 0 Å². The third kappa shape index (κ3) is 5.50. The molecule has 112 valence electrons. The van der Waals surface area contributed by atoms with Crippen LogP contribution < -0.4 is 5.32 Å². The molecule has 0 aromatic heterocycles. The van der Waals surface area contributed by atoms with Crippen molar-refractivity contribution in [2.75, 3.05) is 19.6 Å². The van der Waals surface area contributed by atoms with Crippen LogP contribution in [0.4, 0.5) is 0 Å². The molecule has 0 fully saturated rings. The van der Waals surface area contributed by atoms with Gasteiger partial charge in [0.25, 0.3) is 5.91 Å². The van der Waals surface area contributed by atoms with Crippen LogP contribution in [0.3, 0.4) is 0 Å². The largest absolute Gasteiger partial charge is 0.471 e. The third-order valence-electron chi connectivity index (χ3n) is 3.13. The summed E-state index contributed by atoms with van der Waals surface area (Å²) in [5.74, 6) is -0.707. The van der Waals surface area contributed by atoms with Crippen molar-refractivity contribution in [3.8, 4) is 0 Å². The molecule has 0 bridgehead atoms. The monoisotopic (exact) mass is 300 g/mol. The molecular formula is C13H22BClN2O3. The van der Waals surface area contributed by atoms with Crippen LogP contribution in [0.5, 0.6) is 0 Å². The first kappa shape index (κ1) is 18.9. The number of halogens is 1. The van der Waals surface area contributed by atoms with E-state index in [1.54, 1.807) is 24.3 Å². The molecule has 0 radical (unpaired) electrons. The van der Waals surface area contributed by atoms with E-state index in [2.05, 4.69) is 5.32 Å². The summed E-state index contributed by atoms with van der Waals surface area (Å²) in [6.45, 7) is 5.48. The van der Waals surface area contributed by atoms with Gasteiger partial charge in [0.05, 0.1) is 5.94 Å². The van der Waals surface area contributed by atoms with Gasteiger partial charge in [-0.25, -0.2) is 0 Å². The van der Waals surface area contributed by atoms with E-state index < -0.39 is 13.1 Å². The second kappa shape index (κ2) is 9.77. The molecule has 1 unspecified atom stereocenters. The van der Waals surface area contributed by atoms with Crippen LogP contribution in [-0.4, -0.2) is 53.5 Å². The first-order valence-corrected chi connectivity index (χ1v) is 6.53. The van der Waals surface area contributed by atoms with E-state index >= 15 is 0 Å². The highest BCUT2D eigenvalue weighted by Gasteiger charge is 2.28. The Bertz CT molecular complexity index is 388. The van der Waals surface area contributed by atoms with Gasteiger partial charge in [-0.1, -0.05) is 32.0 Å². The highest BCUT2D eigenvalue weighted by atomic mass is 35.5. The second-order valence-corrected chi connectivity index (χ2v) is 4.28. The number of hydrogen-bond donors (Lipinski definition) is 3. The summed E-state index contributed by atoms with van der Waals surface area (Å²) in [6, 6.07) is 8.86. The predicted octanol–water partition coefficient (Wildman–Crippen LogP) is 0.561. The van der Waals surface area contributed by atoms with E-state index in [-0.39, 0.29) is 24.9 Å². The Morgan fingerprint density at radius 1 is 1.25 bits per heavy atom. The summed E-state index contributed by atoms with van der Waals surface area (Å²) in [6.07, 6.45) is 0. The van der Waals surface area contributed by atoms with Crippen LogP contribution in [0.2, 0.25) is 0 Å². The van der Waals surface area contributed by atoms with E-state index in [4.69, 9.17) is 0 Å². The number of likely N-dealkylation sites (N-methyl/N-ethyl adjacent to an activating group) is 1. The van der Waals surface area contributed by atoms with Gasteiger partial charge in [-0.2, -0.15) is 0 Å². The number of hydrogen-bond acceptors (Lipinski definition) is 4. The standard InChI is InChI=1S/C13H21BN2O3.ClH/c1-3-16(4-2)12(14(18)19)10-15-13(17)11-8-6-5-7-9-11;/h5-9,12,18-19H,3-4,10H2,1-2H3,(H,15,17);1H. The van der Waals surface area contributed by atoms with Crippen LogP contribution in [0.15, 0.2) is 30.3 Å². The van der Waals surface area contributed by atoms with Crippen molar-refractivity contribution < 1.29 is 14.8 Å². The van der Waals surface area contributed by atoms with Crippen molar-refractivity contribution >= 4 is 25.4 Å². The smallest absolute Gasteiger partial charge is 0.426 e. The normalized spacial score (nSPS) is 11.7. The van der Waals surface area contributed by atoms with Crippen molar-refractivity contribution in [1.82, 2.24) is 10.2 Å². The molecule has 20 heavy (non-hydrogen) atoms. The fourth-order valence-electron chi connectivity index (χ4n) is 2.00. The summed E-state index contributed by atoms with van der Waals surface area (Å²) in [5.41, 5.74) is 0.563. The summed E-state index contributed by atoms with van der Waals surface area (Å²) < 4.78 is 0. The maximum atomic E-state index is 11.9. The van der Waals surface area contributed by atoms with Gasteiger partial charge in [-0.05, 0) is 25.2 Å². The van der Waals surface area contributed by atoms with Gasteiger partial charge in [-0.15, -0.1) is 12.4 Å². The summed E-state index contributed by atoms with van der Waals surface area (Å²) in [4.78, 5) is 13.8. The van der Waals surface area contributed by atoms with Crippen molar-refractivity contribution in [2.24, 2.45) is 0 Å². The maximum Gasteiger partial charge on any atom is 0.471 e. The Hall–Kier alpha value is -1.08. The molecule has 0 heterocycles. The zero-order valence-corrected chi connectivity index (χ0v) is 12.6. The molecule has 0 spiro atoms. The van der Waals surface area contributed by atoms with Crippen molar-refractivity contribution in [1.29, 1.82) is 0 Å². The van der Waals surface area contributed by atoms with Crippen molar-refractivity contribution in [3.05, 3.63) is 35.9 Å². The SMILES string of the molecule is CCN(CC)C(CNC(=O)c1ccccc1)B(O)O.Cl. The fourth-order valence-corrected chi connectivity index (χ4v) is 2.00. The van der Waals surface area contributed by atoms with E-state index in [1.807, 2.05) is 24.8 Å². The number of carbonyl (C=O) groups is 1. The Balaban J connectivity index is 0.00000361. The number of carbonyl (C=O) groups excluding carboxylic acids is 1. The summed E-state index contributed by atoms with van der Waals surface area (Å²) in [7, 11) is -1.48.